The number of para-hydroxylation sites is 2. The largest absolute Gasteiger partial charge is 0.493 e. The molecule has 0 saturated heterocycles. The van der Waals surface area contributed by atoms with Crippen molar-refractivity contribution < 1.29 is 9.66 Å². The van der Waals surface area contributed by atoms with Crippen LogP contribution in [0.5, 0.6) is 5.75 Å². The molecule has 7 nitrogen and oxygen atoms in total. The van der Waals surface area contributed by atoms with Gasteiger partial charge in [0.2, 0.25) is 0 Å². The summed E-state index contributed by atoms with van der Waals surface area (Å²) in [6, 6.07) is 14.3. The number of hydrogen-bond donors (Lipinski definition) is 2. The highest BCUT2D eigenvalue weighted by Gasteiger charge is 2.21. The van der Waals surface area contributed by atoms with Crippen molar-refractivity contribution in [1.29, 1.82) is 0 Å². The monoisotopic (exact) mass is 454 g/mol. The minimum Gasteiger partial charge on any atom is -0.493 e. The number of nitro benzene ring substituents is 1. The molecule has 1 heterocycles. The van der Waals surface area contributed by atoms with E-state index in [9.17, 15) is 10.1 Å². The smallest absolute Gasteiger partial charge is 0.274 e. The van der Waals surface area contributed by atoms with Gasteiger partial charge in [0.05, 0.1) is 29.7 Å². The van der Waals surface area contributed by atoms with Crippen molar-refractivity contribution in [3.05, 3.63) is 69.8 Å². The summed E-state index contributed by atoms with van der Waals surface area (Å²) in [5, 5.41) is 14.2. The number of hydrogen-bond acceptors (Lipinski definition) is 4. The van der Waals surface area contributed by atoms with Crippen LogP contribution in [-0.2, 0) is 6.54 Å². The van der Waals surface area contributed by atoms with Crippen molar-refractivity contribution in [3.8, 4) is 5.75 Å². The van der Waals surface area contributed by atoms with Gasteiger partial charge >= 0.3 is 0 Å². The van der Waals surface area contributed by atoms with Gasteiger partial charge in [0.1, 0.15) is 5.75 Å². The van der Waals surface area contributed by atoms with Crippen LogP contribution in [-0.4, -0.2) is 17.5 Å². The van der Waals surface area contributed by atoms with Gasteiger partial charge in [-0.1, -0.05) is 36.4 Å². The molecular weight excluding hydrogens is 435 g/mol. The Morgan fingerprint density at radius 3 is 2.80 bits per heavy atom. The van der Waals surface area contributed by atoms with Gasteiger partial charge in [0.15, 0.2) is 5.96 Å². The molecule has 25 heavy (non-hydrogen) atoms. The van der Waals surface area contributed by atoms with E-state index < -0.39 is 4.92 Å². The van der Waals surface area contributed by atoms with E-state index in [1.54, 1.807) is 18.2 Å². The lowest BCUT2D eigenvalue weighted by molar-refractivity contribution is -0.385. The molecule has 3 N–H and O–H groups in total. The molecule has 0 bridgehead atoms. The van der Waals surface area contributed by atoms with Gasteiger partial charge in [-0.25, -0.2) is 4.99 Å². The van der Waals surface area contributed by atoms with E-state index in [-0.39, 0.29) is 48.2 Å². The van der Waals surface area contributed by atoms with Crippen molar-refractivity contribution in [2.45, 2.75) is 19.0 Å². The number of ether oxygens (including phenoxy) is 1. The quantitative estimate of drug-likeness (QED) is 0.243. The Morgan fingerprint density at radius 1 is 1.28 bits per heavy atom. The van der Waals surface area contributed by atoms with Gasteiger partial charge in [0.25, 0.3) is 5.69 Å². The van der Waals surface area contributed by atoms with E-state index in [0.717, 1.165) is 17.7 Å². The van der Waals surface area contributed by atoms with E-state index in [0.29, 0.717) is 12.2 Å². The maximum atomic E-state index is 11.0. The van der Waals surface area contributed by atoms with Crippen molar-refractivity contribution >= 4 is 35.6 Å². The molecule has 3 rings (SSSR count). The molecular formula is C17H19IN4O3. The summed E-state index contributed by atoms with van der Waals surface area (Å²) in [6.07, 6.45) is 0.777. The van der Waals surface area contributed by atoms with Crippen LogP contribution in [0.3, 0.4) is 0 Å². The maximum absolute atomic E-state index is 11.0. The standard InChI is InChI=1S/C17H18N4O3.HI/c18-17(19-11-12-5-1-3-7-15(12)21(22)23)20-14-9-10-24-16-8-4-2-6-13(14)16;/h1-8,14H,9-11H2,(H3,18,19,20);1H. The first-order valence-corrected chi connectivity index (χ1v) is 7.65. The minimum atomic E-state index is -0.413. The Hall–Kier alpha value is -2.36. The summed E-state index contributed by atoms with van der Waals surface area (Å²) in [6.45, 7) is 0.757. The Balaban J connectivity index is 0.00000225. The minimum absolute atomic E-state index is 0. The average Bonchev–Trinajstić information content (AvgIpc) is 2.60. The van der Waals surface area contributed by atoms with Crippen molar-refractivity contribution in [2.75, 3.05) is 6.61 Å². The molecule has 8 heteroatoms. The molecule has 1 atom stereocenters. The van der Waals surface area contributed by atoms with E-state index in [4.69, 9.17) is 10.5 Å². The van der Waals surface area contributed by atoms with Crippen molar-refractivity contribution in [1.82, 2.24) is 5.32 Å². The highest BCUT2D eigenvalue weighted by Crippen LogP contribution is 2.31. The van der Waals surface area contributed by atoms with Crippen LogP contribution in [0, 0.1) is 10.1 Å². The van der Waals surface area contributed by atoms with Gasteiger partial charge < -0.3 is 15.8 Å². The Kier molecular flexibility index (Phi) is 6.57. The third-order valence-electron chi connectivity index (χ3n) is 3.89. The van der Waals surface area contributed by atoms with Gasteiger partial charge in [-0.3, -0.25) is 10.1 Å². The number of nitrogens with one attached hydrogen (secondary N) is 1. The summed E-state index contributed by atoms with van der Waals surface area (Å²) in [5.74, 6) is 1.10. The molecule has 1 aliphatic heterocycles. The molecule has 0 amide bonds. The van der Waals surface area contributed by atoms with Crippen LogP contribution in [0.25, 0.3) is 0 Å². The van der Waals surface area contributed by atoms with Gasteiger partial charge in [-0.05, 0) is 6.07 Å². The first-order chi connectivity index (χ1) is 11.6. The Bertz CT molecular complexity index is 782. The molecule has 0 radical (unpaired) electrons. The lowest BCUT2D eigenvalue weighted by Gasteiger charge is -2.26. The van der Waals surface area contributed by atoms with Gasteiger partial charge in [-0.15, -0.1) is 24.0 Å². The van der Waals surface area contributed by atoms with Gasteiger partial charge in [0, 0.05) is 18.1 Å². The second-order valence-electron chi connectivity index (χ2n) is 5.46. The highest BCUT2D eigenvalue weighted by molar-refractivity contribution is 14.0. The van der Waals surface area contributed by atoms with Gasteiger partial charge in [-0.2, -0.15) is 0 Å². The number of guanidine groups is 1. The topological polar surface area (TPSA) is 103 Å². The molecule has 132 valence electrons. The number of nitro groups is 1. The van der Waals surface area contributed by atoms with E-state index in [1.807, 2.05) is 24.3 Å². The normalized spacial score (nSPS) is 16.2. The first-order valence-electron chi connectivity index (χ1n) is 7.65. The Labute approximate surface area is 162 Å². The average molecular weight is 454 g/mol. The zero-order valence-corrected chi connectivity index (χ0v) is 15.8. The summed E-state index contributed by atoms with van der Waals surface area (Å²) < 4.78 is 5.61. The SMILES string of the molecule is I.NC(=NCc1ccccc1[N+](=O)[O-])NC1CCOc2ccccc21. The molecule has 0 aromatic heterocycles. The highest BCUT2D eigenvalue weighted by atomic mass is 127. The lowest BCUT2D eigenvalue weighted by Crippen LogP contribution is -2.37. The molecule has 0 saturated carbocycles. The van der Waals surface area contributed by atoms with Crippen LogP contribution in [0.2, 0.25) is 0 Å². The number of halogens is 1. The second-order valence-corrected chi connectivity index (χ2v) is 5.46. The van der Waals surface area contributed by atoms with Crippen LogP contribution in [0.4, 0.5) is 5.69 Å². The molecule has 2 aromatic rings. The summed E-state index contributed by atoms with van der Waals surface area (Å²) in [5.41, 5.74) is 7.57. The summed E-state index contributed by atoms with van der Waals surface area (Å²) in [7, 11) is 0. The summed E-state index contributed by atoms with van der Waals surface area (Å²) >= 11 is 0. The molecule has 2 aromatic carbocycles. The number of rotatable bonds is 4. The number of nitrogens with two attached hydrogens (primary N) is 1. The predicted molar refractivity (Wildman–Crippen MR) is 106 cm³/mol. The predicted octanol–water partition coefficient (Wildman–Crippen LogP) is 3.14. The molecule has 1 aliphatic rings. The van der Waals surface area contributed by atoms with E-state index in [2.05, 4.69) is 10.3 Å². The lowest BCUT2D eigenvalue weighted by atomic mass is 10.0. The van der Waals surface area contributed by atoms with Crippen molar-refractivity contribution in [3.63, 3.8) is 0 Å². The number of fused-ring (bicyclic) bond motifs is 1. The van der Waals surface area contributed by atoms with Crippen LogP contribution < -0.4 is 15.8 Å². The maximum Gasteiger partial charge on any atom is 0.274 e. The number of nitrogens with zero attached hydrogens (tertiary/aromatic N) is 2. The zero-order chi connectivity index (χ0) is 16.9. The third-order valence-corrected chi connectivity index (χ3v) is 3.89. The molecule has 0 fully saturated rings. The molecule has 0 spiro atoms. The first kappa shape index (κ1) is 19.0. The van der Waals surface area contributed by atoms with E-state index in [1.165, 1.54) is 6.07 Å². The summed E-state index contributed by atoms with van der Waals surface area (Å²) in [4.78, 5) is 14.8. The number of aliphatic imine (C=N–C) groups is 1. The van der Waals surface area contributed by atoms with Crippen LogP contribution in [0.15, 0.2) is 53.5 Å². The molecule has 0 aliphatic carbocycles. The second kappa shape index (κ2) is 8.65. The third kappa shape index (κ3) is 4.59. The van der Waals surface area contributed by atoms with Crippen molar-refractivity contribution in [2.24, 2.45) is 10.7 Å². The Morgan fingerprint density at radius 2 is 2.00 bits per heavy atom. The van der Waals surface area contributed by atoms with E-state index >= 15 is 0 Å². The number of benzene rings is 2. The van der Waals surface area contributed by atoms with Crippen LogP contribution >= 0.6 is 24.0 Å². The fourth-order valence-electron chi connectivity index (χ4n) is 2.71. The fraction of sp³-hybridized carbons (Fsp3) is 0.235. The molecule has 1 unspecified atom stereocenters. The van der Waals surface area contributed by atoms with Crippen LogP contribution in [0.1, 0.15) is 23.6 Å². The fourth-order valence-corrected chi connectivity index (χ4v) is 2.71. The zero-order valence-electron chi connectivity index (χ0n) is 13.4.